The Morgan fingerprint density at radius 2 is 1.41 bits per heavy atom. The maximum Gasteiger partial charge on any atom is 0.407 e. The third-order valence-electron chi connectivity index (χ3n) is 5.67. The van der Waals surface area contributed by atoms with Gasteiger partial charge >= 0.3 is 6.09 Å². The number of hydrogen-bond acceptors (Lipinski definition) is 4. The molecule has 3 N–H and O–H groups in total. The van der Waals surface area contributed by atoms with Crippen molar-refractivity contribution < 1.29 is 19.4 Å². The van der Waals surface area contributed by atoms with E-state index in [9.17, 15) is 9.59 Å². The SMILES string of the molecule is O=C(Cc1ccccc1CNC(=O)OCC1c2ccccc2-c2ccccc21)NCCO. The van der Waals surface area contributed by atoms with Crippen LogP contribution in [0.25, 0.3) is 11.1 Å². The molecule has 1 aliphatic carbocycles. The molecule has 0 spiro atoms. The minimum atomic E-state index is -0.494. The number of benzene rings is 3. The van der Waals surface area contributed by atoms with Gasteiger partial charge in [-0.15, -0.1) is 0 Å². The second-order valence-electron chi connectivity index (χ2n) is 7.70. The van der Waals surface area contributed by atoms with E-state index in [0.29, 0.717) is 0 Å². The topological polar surface area (TPSA) is 87.7 Å². The average Bonchev–Trinajstić information content (AvgIpc) is 3.14. The van der Waals surface area contributed by atoms with Gasteiger partial charge in [-0.3, -0.25) is 4.79 Å². The molecule has 6 heteroatoms. The Kier molecular flexibility index (Phi) is 6.82. The van der Waals surface area contributed by atoms with E-state index < -0.39 is 6.09 Å². The summed E-state index contributed by atoms with van der Waals surface area (Å²) in [5.41, 5.74) is 6.37. The molecular formula is C26H26N2O4. The largest absolute Gasteiger partial charge is 0.449 e. The van der Waals surface area contributed by atoms with Gasteiger partial charge in [-0.05, 0) is 33.4 Å². The highest BCUT2D eigenvalue weighted by atomic mass is 16.5. The highest BCUT2D eigenvalue weighted by Gasteiger charge is 2.28. The Bertz CT molecular complexity index is 1070. The molecule has 0 unspecified atom stereocenters. The lowest BCUT2D eigenvalue weighted by molar-refractivity contribution is -0.120. The highest BCUT2D eigenvalue weighted by Crippen LogP contribution is 2.44. The first kappa shape index (κ1) is 21.6. The van der Waals surface area contributed by atoms with Gasteiger partial charge in [-0.2, -0.15) is 0 Å². The van der Waals surface area contributed by atoms with Crippen molar-refractivity contribution in [3.63, 3.8) is 0 Å². The molecular weight excluding hydrogens is 404 g/mol. The number of aliphatic hydroxyl groups is 1. The summed E-state index contributed by atoms with van der Waals surface area (Å²) in [6, 6.07) is 23.9. The third-order valence-corrected chi connectivity index (χ3v) is 5.67. The van der Waals surface area contributed by atoms with Crippen LogP contribution in [0, 0.1) is 0 Å². The molecule has 32 heavy (non-hydrogen) atoms. The molecule has 6 nitrogen and oxygen atoms in total. The van der Waals surface area contributed by atoms with Crippen LogP contribution in [0.2, 0.25) is 0 Å². The normalized spacial score (nSPS) is 12.0. The van der Waals surface area contributed by atoms with Crippen molar-refractivity contribution in [3.8, 4) is 11.1 Å². The van der Waals surface area contributed by atoms with Crippen LogP contribution in [0.15, 0.2) is 72.8 Å². The number of aliphatic hydroxyl groups excluding tert-OH is 1. The number of carbonyl (C=O) groups is 2. The van der Waals surface area contributed by atoms with Crippen LogP contribution in [0.3, 0.4) is 0 Å². The number of carbonyl (C=O) groups excluding carboxylic acids is 2. The molecule has 3 aromatic carbocycles. The van der Waals surface area contributed by atoms with Crippen LogP contribution in [-0.2, 0) is 22.5 Å². The van der Waals surface area contributed by atoms with E-state index in [-0.39, 0.29) is 44.5 Å². The zero-order valence-electron chi connectivity index (χ0n) is 17.7. The van der Waals surface area contributed by atoms with Crippen LogP contribution in [0.4, 0.5) is 4.79 Å². The lowest BCUT2D eigenvalue weighted by atomic mass is 9.98. The van der Waals surface area contributed by atoms with Crippen LogP contribution in [-0.4, -0.2) is 36.9 Å². The van der Waals surface area contributed by atoms with Gasteiger partial charge in [-0.25, -0.2) is 4.79 Å². The first-order valence-electron chi connectivity index (χ1n) is 10.7. The van der Waals surface area contributed by atoms with Crippen LogP contribution in [0.5, 0.6) is 0 Å². The molecule has 0 heterocycles. The van der Waals surface area contributed by atoms with Crippen LogP contribution >= 0.6 is 0 Å². The summed E-state index contributed by atoms with van der Waals surface area (Å²) in [5.74, 6) is -0.164. The van der Waals surface area contributed by atoms with Crippen molar-refractivity contribution in [1.82, 2.24) is 10.6 Å². The summed E-state index contributed by atoms with van der Waals surface area (Å²) >= 11 is 0. The van der Waals surface area contributed by atoms with E-state index in [0.717, 1.165) is 11.1 Å². The monoisotopic (exact) mass is 430 g/mol. The molecule has 164 valence electrons. The number of ether oxygens (including phenoxy) is 1. The Morgan fingerprint density at radius 3 is 2.06 bits per heavy atom. The average molecular weight is 431 g/mol. The summed E-state index contributed by atoms with van der Waals surface area (Å²) in [4.78, 5) is 24.4. The Hall–Kier alpha value is -3.64. The number of fused-ring (bicyclic) bond motifs is 3. The Labute approximate surface area is 187 Å². The zero-order chi connectivity index (χ0) is 22.3. The van der Waals surface area contributed by atoms with Gasteiger partial charge in [0.1, 0.15) is 6.61 Å². The number of hydrogen-bond donors (Lipinski definition) is 3. The third kappa shape index (κ3) is 4.81. The quantitative estimate of drug-likeness (QED) is 0.511. The molecule has 3 aromatic rings. The van der Waals surface area contributed by atoms with E-state index >= 15 is 0 Å². The lowest BCUT2D eigenvalue weighted by Crippen LogP contribution is -2.29. The second kappa shape index (κ2) is 10.1. The maximum atomic E-state index is 12.4. The van der Waals surface area contributed by atoms with Gasteiger partial charge in [0.25, 0.3) is 0 Å². The summed E-state index contributed by atoms with van der Waals surface area (Å²) in [5, 5.41) is 14.3. The lowest BCUT2D eigenvalue weighted by Gasteiger charge is -2.15. The van der Waals surface area contributed by atoms with E-state index in [2.05, 4.69) is 34.9 Å². The fourth-order valence-corrected chi connectivity index (χ4v) is 4.15. The molecule has 0 aliphatic heterocycles. The Morgan fingerprint density at radius 1 is 0.812 bits per heavy atom. The summed E-state index contributed by atoms with van der Waals surface area (Å²) in [6.07, 6.45) is -0.311. The molecule has 0 bridgehead atoms. The van der Waals surface area contributed by atoms with E-state index in [1.807, 2.05) is 48.5 Å². The van der Waals surface area contributed by atoms with Gasteiger partial charge in [0, 0.05) is 19.0 Å². The van der Waals surface area contributed by atoms with Gasteiger partial charge in [0.05, 0.1) is 13.0 Å². The van der Waals surface area contributed by atoms with Gasteiger partial charge in [0.2, 0.25) is 5.91 Å². The van der Waals surface area contributed by atoms with Crippen molar-refractivity contribution >= 4 is 12.0 Å². The van der Waals surface area contributed by atoms with Crippen molar-refractivity contribution in [2.24, 2.45) is 0 Å². The van der Waals surface area contributed by atoms with Crippen LogP contribution < -0.4 is 10.6 Å². The second-order valence-corrected chi connectivity index (χ2v) is 7.70. The molecule has 0 atom stereocenters. The smallest absolute Gasteiger partial charge is 0.407 e. The first-order valence-corrected chi connectivity index (χ1v) is 10.7. The van der Waals surface area contributed by atoms with Crippen molar-refractivity contribution in [1.29, 1.82) is 0 Å². The number of amides is 2. The number of rotatable bonds is 8. The predicted molar refractivity (Wildman–Crippen MR) is 122 cm³/mol. The molecule has 0 saturated carbocycles. The summed E-state index contributed by atoms with van der Waals surface area (Å²) in [7, 11) is 0. The zero-order valence-corrected chi connectivity index (χ0v) is 17.7. The molecule has 0 radical (unpaired) electrons. The number of nitrogens with one attached hydrogen (secondary N) is 2. The standard InChI is InChI=1S/C26H26N2O4/c29-14-13-27-25(30)15-18-7-1-2-8-19(18)16-28-26(31)32-17-24-22-11-5-3-9-20(22)21-10-4-6-12-23(21)24/h1-12,24,29H,13-17H2,(H,27,30)(H,28,31). The molecule has 0 aromatic heterocycles. The van der Waals surface area contributed by atoms with Crippen molar-refractivity contribution in [2.45, 2.75) is 18.9 Å². The van der Waals surface area contributed by atoms with E-state index in [1.54, 1.807) is 0 Å². The van der Waals surface area contributed by atoms with E-state index in [4.69, 9.17) is 9.84 Å². The van der Waals surface area contributed by atoms with E-state index in [1.165, 1.54) is 22.3 Å². The molecule has 0 saturated heterocycles. The molecule has 0 fully saturated rings. The fraction of sp³-hybridized carbons (Fsp3) is 0.231. The molecule has 2 amide bonds. The van der Waals surface area contributed by atoms with Crippen molar-refractivity contribution in [3.05, 3.63) is 95.1 Å². The minimum Gasteiger partial charge on any atom is -0.449 e. The summed E-state index contributed by atoms with van der Waals surface area (Å²) in [6.45, 7) is 0.640. The van der Waals surface area contributed by atoms with Crippen LogP contribution in [0.1, 0.15) is 28.2 Å². The molecule has 4 rings (SSSR count). The first-order chi connectivity index (χ1) is 15.7. The molecule has 1 aliphatic rings. The van der Waals surface area contributed by atoms with Crippen molar-refractivity contribution in [2.75, 3.05) is 19.8 Å². The predicted octanol–water partition coefficient (Wildman–Crippen LogP) is 3.38. The summed E-state index contributed by atoms with van der Waals surface area (Å²) < 4.78 is 5.58. The fourth-order valence-electron chi connectivity index (χ4n) is 4.15. The van der Waals surface area contributed by atoms with Gasteiger partial charge in [-0.1, -0.05) is 72.8 Å². The minimum absolute atomic E-state index is 0.00987. The van der Waals surface area contributed by atoms with Gasteiger partial charge in [0.15, 0.2) is 0 Å². The van der Waals surface area contributed by atoms with Gasteiger partial charge < -0.3 is 20.5 Å². The number of alkyl carbamates (subject to hydrolysis) is 1. The maximum absolute atomic E-state index is 12.4. The highest BCUT2D eigenvalue weighted by molar-refractivity contribution is 5.80. The Balaban J connectivity index is 1.36.